The SMILES string of the molecule is Cc1ccc(-c2sc(C3CCNC3)nc2C(N)=O)cc1. The topological polar surface area (TPSA) is 68.0 Å². The molecule has 1 unspecified atom stereocenters. The highest BCUT2D eigenvalue weighted by Crippen LogP contribution is 2.35. The number of aryl methyl sites for hydroxylation is 1. The number of nitrogens with zero attached hydrogens (tertiary/aromatic N) is 1. The average Bonchev–Trinajstić information content (AvgIpc) is 3.08. The zero-order valence-electron chi connectivity index (χ0n) is 11.3. The minimum Gasteiger partial charge on any atom is -0.364 e. The van der Waals surface area contributed by atoms with Crippen LogP contribution in [-0.4, -0.2) is 24.0 Å². The van der Waals surface area contributed by atoms with Gasteiger partial charge in [0.05, 0.1) is 9.88 Å². The van der Waals surface area contributed by atoms with Crippen LogP contribution in [0.1, 0.15) is 33.4 Å². The first-order valence-electron chi connectivity index (χ1n) is 6.73. The van der Waals surface area contributed by atoms with Crippen LogP contribution in [0.2, 0.25) is 0 Å². The fourth-order valence-corrected chi connectivity index (χ4v) is 3.66. The van der Waals surface area contributed by atoms with Gasteiger partial charge in [0.15, 0.2) is 0 Å². The molecule has 3 rings (SSSR count). The van der Waals surface area contributed by atoms with E-state index in [1.165, 1.54) is 5.56 Å². The van der Waals surface area contributed by atoms with Crippen molar-refractivity contribution in [3.05, 3.63) is 40.5 Å². The highest BCUT2D eigenvalue weighted by atomic mass is 32.1. The van der Waals surface area contributed by atoms with E-state index in [0.717, 1.165) is 35.0 Å². The number of aromatic nitrogens is 1. The molecule has 5 heteroatoms. The summed E-state index contributed by atoms with van der Waals surface area (Å²) < 4.78 is 0. The smallest absolute Gasteiger partial charge is 0.268 e. The van der Waals surface area contributed by atoms with Gasteiger partial charge in [0.25, 0.3) is 5.91 Å². The third-order valence-electron chi connectivity index (χ3n) is 3.60. The Hall–Kier alpha value is -1.72. The lowest BCUT2D eigenvalue weighted by molar-refractivity contribution is 0.0996. The molecule has 1 fully saturated rings. The Morgan fingerprint density at radius 3 is 2.75 bits per heavy atom. The van der Waals surface area contributed by atoms with Gasteiger partial charge in [0, 0.05) is 12.5 Å². The van der Waals surface area contributed by atoms with Gasteiger partial charge in [-0.2, -0.15) is 0 Å². The predicted molar refractivity (Wildman–Crippen MR) is 81.0 cm³/mol. The minimum absolute atomic E-state index is 0.400. The molecule has 2 aromatic rings. The van der Waals surface area contributed by atoms with Crippen molar-refractivity contribution in [3.63, 3.8) is 0 Å². The molecule has 4 nitrogen and oxygen atoms in total. The first-order chi connectivity index (χ1) is 9.65. The van der Waals surface area contributed by atoms with Crippen LogP contribution >= 0.6 is 11.3 Å². The lowest BCUT2D eigenvalue weighted by Crippen LogP contribution is -2.13. The number of primary amides is 1. The van der Waals surface area contributed by atoms with Gasteiger partial charge in [-0.15, -0.1) is 11.3 Å². The maximum atomic E-state index is 11.6. The van der Waals surface area contributed by atoms with Crippen LogP contribution in [0.4, 0.5) is 0 Å². The molecule has 20 heavy (non-hydrogen) atoms. The molecule has 0 bridgehead atoms. The molecule has 0 radical (unpaired) electrons. The van der Waals surface area contributed by atoms with Crippen LogP contribution in [0, 0.1) is 6.92 Å². The van der Waals surface area contributed by atoms with E-state index in [4.69, 9.17) is 5.73 Å². The van der Waals surface area contributed by atoms with E-state index in [-0.39, 0.29) is 0 Å². The lowest BCUT2D eigenvalue weighted by Gasteiger charge is -2.01. The van der Waals surface area contributed by atoms with Gasteiger partial charge in [-0.1, -0.05) is 29.8 Å². The van der Waals surface area contributed by atoms with Crippen LogP contribution in [0.25, 0.3) is 10.4 Å². The van der Waals surface area contributed by atoms with Gasteiger partial charge in [0.1, 0.15) is 5.69 Å². The second-order valence-corrected chi connectivity index (χ2v) is 6.18. The summed E-state index contributed by atoms with van der Waals surface area (Å²) in [5.74, 6) is -0.0497. The standard InChI is InChI=1S/C15H17N3OS/c1-9-2-4-10(5-3-9)13-12(14(16)19)18-15(20-13)11-6-7-17-8-11/h2-5,11,17H,6-8H2,1H3,(H2,16,19). The number of amides is 1. The number of carbonyl (C=O) groups excluding carboxylic acids is 1. The number of hydrogen-bond donors (Lipinski definition) is 2. The summed E-state index contributed by atoms with van der Waals surface area (Å²) in [5, 5.41) is 4.34. The van der Waals surface area contributed by atoms with Gasteiger partial charge in [-0.25, -0.2) is 4.98 Å². The van der Waals surface area contributed by atoms with E-state index in [2.05, 4.69) is 10.3 Å². The number of thiazole rings is 1. The Morgan fingerprint density at radius 2 is 2.15 bits per heavy atom. The molecule has 2 heterocycles. The maximum Gasteiger partial charge on any atom is 0.268 e. The summed E-state index contributed by atoms with van der Waals surface area (Å²) in [5.41, 5.74) is 8.09. The molecular formula is C15H17N3OS. The van der Waals surface area contributed by atoms with Crippen LogP contribution in [0.3, 0.4) is 0 Å². The van der Waals surface area contributed by atoms with E-state index in [0.29, 0.717) is 11.6 Å². The summed E-state index contributed by atoms with van der Waals surface area (Å²) in [6.45, 7) is 3.98. The van der Waals surface area contributed by atoms with Crippen molar-refractivity contribution in [2.24, 2.45) is 5.73 Å². The van der Waals surface area contributed by atoms with E-state index in [1.54, 1.807) is 11.3 Å². The van der Waals surface area contributed by atoms with Gasteiger partial charge in [-0.3, -0.25) is 4.79 Å². The highest BCUT2D eigenvalue weighted by Gasteiger charge is 2.24. The fraction of sp³-hybridized carbons (Fsp3) is 0.333. The predicted octanol–water partition coefficient (Wildman–Crippen LogP) is 2.29. The molecule has 1 saturated heterocycles. The molecule has 1 aromatic heterocycles. The molecule has 1 amide bonds. The van der Waals surface area contributed by atoms with Gasteiger partial charge in [-0.05, 0) is 25.5 Å². The van der Waals surface area contributed by atoms with Crippen molar-refractivity contribution < 1.29 is 4.79 Å². The molecule has 3 N–H and O–H groups in total. The number of nitrogens with two attached hydrogens (primary N) is 1. The first-order valence-corrected chi connectivity index (χ1v) is 7.55. The van der Waals surface area contributed by atoms with Crippen LogP contribution in [-0.2, 0) is 0 Å². The Morgan fingerprint density at radius 1 is 1.40 bits per heavy atom. The summed E-state index contributed by atoms with van der Waals surface area (Å²) in [6, 6.07) is 8.12. The molecule has 1 aromatic carbocycles. The monoisotopic (exact) mass is 287 g/mol. The molecule has 1 aliphatic heterocycles. The second kappa shape index (κ2) is 5.34. The summed E-state index contributed by atoms with van der Waals surface area (Å²) in [4.78, 5) is 17.0. The Kier molecular flexibility index (Phi) is 3.54. The lowest BCUT2D eigenvalue weighted by atomic mass is 10.1. The summed E-state index contributed by atoms with van der Waals surface area (Å²) in [6.07, 6.45) is 1.07. The third-order valence-corrected chi connectivity index (χ3v) is 4.87. The quantitative estimate of drug-likeness (QED) is 0.910. The summed E-state index contributed by atoms with van der Waals surface area (Å²) >= 11 is 1.59. The Labute approximate surface area is 122 Å². The van der Waals surface area contributed by atoms with E-state index < -0.39 is 5.91 Å². The van der Waals surface area contributed by atoms with Gasteiger partial charge in [0.2, 0.25) is 0 Å². The molecular weight excluding hydrogens is 270 g/mol. The number of carbonyl (C=O) groups is 1. The molecule has 0 aliphatic carbocycles. The number of hydrogen-bond acceptors (Lipinski definition) is 4. The Bertz CT molecular complexity index is 627. The van der Waals surface area contributed by atoms with Crippen molar-refractivity contribution in [3.8, 4) is 10.4 Å². The van der Waals surface area contributed by atoms with Crippen molar-refractivity contribution in [2.75, 3.05) is 13.1 Å². The van der Waals surface area contributed by atoms with Crippen LogP contribution in [0.15, 0.2) is 24.3 Å². The molecule has 1 atom stereocenters. The Balaban J connectivity index is 2.04. The maximum absolute atomic E-state index is 11.6. The number of nitrogens with one attached hydrogen (secondary N) is 1. The molecule has 0 spiro atoms. The molecule has 1 aliphatic rings. The summed E-state index contributed by atoms with van der Waals surface area (Å²) in [7, 11) is 0. The first kappa shape index (κ1) is 13.3. The number of benzene rings is 1. The normalized spacial score (nSPS) is 18.4. The largest absolute Gasteiger partial charge is 0.364 e. The third kappa shape index (κ3) is 2.46. The molecule has 104 valence electrons. The van der Waals surface area contributed by atoms with E-state index >= 15 is 0 Å². The highest BCUT2D eigenvalue weighted by molar-refractivity contribution is 7.15. The van der Waals surface area contributed by atoms with Gasteiger partial charge >= 0.3 is 0 Å². The zero-order valence-corrected chi connectivity index (χ0v) is 12.2. The van der Waals surface area contributed by atoms with Gasteiger partial charge < -0.3 is 11.1 Å². The van der Waals surface area contributed by atoms with E-state index in [1.807, 2.05) is 31.2 Å². The van der Waals surface area contributed by atoms with E-state index in [9.17, 15) is 4.79 Å². The second-order valence-electron chi connectivity index (χ2n) is 5.15. The van der Waals surface area contributed by atoms with Crippen LogP contribution in [0.5, 0.6) is 0 Å². The molecule has 0 saturated carbocycles. The van der Waals surface area contributed by atoms with Crippen molar-refractivity contribution in [1.82, 2.24) is 10.3 Å². The van der Waals surface area contributed by atoms with Crippen LogP contribution < -0.4 is 11.1 Å². The zero-order chi connectivity index (χ0) is 14.1. The fourth-order valence-electron chi connectivity index (χ4n) is 2.44. The minimum atomic E-state index is -0.450. The van der Waals surface area contributed by atoms with Crippen molar-refractivity contribution >= 4 is 17.2 Å². The van der Waals surface area contributed by atoms with Crippen molar-refractivity contribution in [2.45, 2.75) is 19.3 Å². The average molecular weight is 287 g/mol. The number of rotatable bonds is 3. The van der Waals surface area contributed by atoms with Crippen molar-refractivity contribution in [1.29, 1.82) is 0 Å².